The molecule has 3 aromatic rings. The Morgan fingerprint density at radius 2 is 1.55 bits per heavy atom. The average Bonchev–Trinajstić information content (AvgIpc) is 3.11. The molecular weight excluding hydrogens is 360 g/mol. The van der Waals surface area contributed by atoms with Gasteiger partial charge >= 0.3 is 0 Å². The fourth-order valence-corrected chi connectivity index (χ4v) is 3.50. The molecule has 0 fully saturated rings. The summed E-state index contributed by atoms with van der Waals surface area (Å²) >= 11 is 0. The van der Waals surface area contributed by atoms with Crippen LogP contribution in [0.5, 0.6) is 5.75 Å². The summed E-state index contributed by atoms with van der Waals surface area (Å²) in [7, 11) is 0. The van der Waals surface area contributed by atoms with Gasteiger partial charge in [-0.2, -0.15) is 10.1 Å². The molecule has 2 aliphatic heterocycles. The molecule has 4 heteroatoms. The lowest BCUT2D eigenvalue weighted by Crippen LogP contribution is -2.21. The number of rotatable bonds is 3. The first-order chi connectivity index (χ1) is 14.3. The highest BCUT2D eigenvalue weighted by Crippen LogP contribution is 2.30. The average molecular weight is 378 g/mol. The van der Waals surface area contributed by atoms with Crippen LogP contribution in [0, 0.1) is 0 Å². The van der Waals surface area contributed by atoms with Gasteiger partial charge in [0, 0.05) is 11.1 Å². The first-order valence-electron chi connectivity index (χ1n) is 9.47. The molecule has 0 saturated carbocycles. The lowest BCUT2D eigenvalue weighted by molar-refractivity contribution is -0.114. The number of para-hydroxylation sites is 2. The van der Waals surface area contributed by atoms with Crippen molar-refractivity contribution in [1.29, 1.82) is 0 Å². The van der Waals surface area contributed by atoms with Crippen LogP contribution in [0.4, 0.5) is 5.69 Å². The second-order valence-corrected chi connectivity index (χ2v) is 6.87. The molecule has 140 valence electrons. The van der Waals surface area contributed by atoms with Gasteiger partial charge in [0.2, 0.25) is 0 Å². The lowest BCUT2D eigenvalue weighted by Gasteiger charge is -2.16. The minimum Gasteiger partial charge on any atom is -0.488 e. The number of carbonyl (C=O) groups excluding carboxylic acids is 1. The van der Waals surface area contributed by atoms with Gasteiger partial charge in [0.25, 0.3) is 5.91 Å². The summed E-state index contributed by atoms with van der Waals surface area (Å²) in [6, 6.07) is 27.2. The molecule has 5 rings (SSSR count). The van der Waals surface area contributed by atoms with Gasteiger partial charge in [-0.15, -0.1) is 0 Å². The molecule has 0 bridgehead atoms. The minimum atomic E-state index is -0.144. The van der Waals surface area contributed by atoms with E-state index in [1.807, 2.05) is 91.0 Å². The minimum absolute atomic E-state index is 0.144. The van der Waals surface area contributed by atoms with Crippen LogP contribution in [0.1, 0.15) is 11.1 Å². The number of anilines is 1. The van der Waals surface area contributed by atoms with E-state index in [0.717, 1.165) is 28.1 Å². The van der Waals surface area contributed by atoms with E-state index in [1.165, 1.54) is 5.01 Å². The third-order valence-corrected chi connectivity index (χ3v) is 4.91. The third kappa shape index (κ3) is 3.25. The Balaban J connectivity index is 1.59. The van der Waals surface area contributed by atoms with Gasteiger partial charge in [0.1, 0.15) is 18.1 Å². The van der Waals surface area contributed by atoms with Gasteiger partial charge in [-0.1, -0.05) is 66.7 Å². The van der Waals surface area contributed by atoms with Crippen LogP contribution < -0.4 is 9.75 Å². The molecule has 0 N–H and O–H groups in total. The molecule has 0 atom stereocenters. The van der Waals surface area contributed by atoms with E-state index < -0.39 is 0 Å². The zero-order valence-corrected chi connectivity index (χ0v) is 15.7. The van der Waals surface area contributed by atoms with Crippen molar-refractivity contribution in [1.82, 2.24) is 0 Å². The Morgan fingerprint density at radius 1 is 0.862 bits per heavy atom. The van der Waals surface area contributed by atoms with Crippen molar-refractivity contribution in [2.75, 3.05) is 11.6 Å². The number of carbonyl (C=O) groups is 1. The van der Waals surface area contributed by atoms with E-state index in [-0.39, 0.29) is 5.91 Å². The van der Waals surface area contributed by atoms with Crippen LogP contribution in [-0.4, -0.2) is 18.2 Å². The highest BCUT2D eigenvalue weighted by Gasteiger charge is 2.32. The Labute approximate surface area is 169 Å². The van der Waals surface area contributed by atoms with Gasteiger partial charge in [-0.05, 0) is 35.9 Å². The van der Waals surface area contributed by atoms with Gasteiger partial charge in [-0.3, -0.25) is 4.79 Å². The lowest BCUT2D eigenvalue weighted by atomic mass is 9.99. The van der Waals surface area contributed by atoms with Crippen LogP contribution in [0.25, 0.3) is 6.08 Å². The van der Waals surface area contributed by atoms with E-state index in [2.05, 4.69) is 11.2 Å². The van der Waals surface area contributed by atoms with Gasteiger partial charge < -0.3 is 4.74 Å². The maximum absolute atomic E-state index is 13.3. The molecule has 2 heterocycles. The number of fused-ring (bicyclic) bond motifs is 1. The summed E-state index contributed by atoms with van der Waals surface area (Å²) in [5, 5.41) is 6.13. The fraction of sp³-hybridized carbons (Fsp3) is 0.0400. The zero-order chi connectivity index (χ0) is 19.6. The van der Waals surface area contributed by atoms with Crippen LogP contribution in [-0.2, 0) is 4.79 Å². The van der Waals surface area contributed by atoms with Crippen molar-refractivity contribution in [2.24, 2.45) is 5.10 Å². The number of hydrogen-bond acceptors (Lipinski definition) is 3. The summed E-state index contributed by atoms with van der Waals surface area (Å²) in [6.45, 7) is 0.418. The number of benzene rings is 3. The predicted octanol–water partition coefficient (Wildman–Crippen LogP) is 4.84. The van der Waals surface area contributed by atoms with Gasteiger partial charge in [0.15, 0.2) is 0 Å². The van der Waals surface area contributed by atoms with Crippen LogP contribution in [0.2, 0.25) is 0 Å². The van der Waals surface area contributed by atoms with Crippen molar-refractivity contribution in [2.45, 2.75) is 0 Å². The molecule has 0 saturated heterocycles. The van der Waals surface area contributed by atoms with Crippen molar-refractivity contribution < 1.29 is 9.53 Å². The maximum Gasteiger partial charge on any atom is 0.281 e. The van der Waals surface area contributed by atoms with E-state index in [9.17, 15) is 4.79 Å². The Hall–Kier alpha value is -3.92. The fourth-order valence-electron chi connectivity index (χ4n) is 3.50. The summed E-state index contributed by atoms with van der Waals surface area (Å²) in [4.78, 5) is 13.3. The normalized spacial score (nSPS) is 16.9. The number of hydrogen-bond donors (Lipinski definition) is 0. The molecule has 0 spiro atoms. The monoisotopic (exact) mass is 378 g/mol. The van der Waals surface area contributed by atoms with Gasteiger partial charge in [0.05, 0.1) is 11.3 Å². The molecule has 0 radical (unpaired) electrons. The maximum atomic E-state index is 13.3. The third-order valence-electron chi connectivity index (χ3n) is 4.91. The molecule has 0 unspecified atom stereocenters. The van der Waals surface area contributed by atoms with Crippen molar-refractivity contribution in [3.05, 3.63) is 113 Å². The number of ether oxygens (including phenoxy) is 1. The van der Waals surface area contributed by atoms with E-state index in [4.69, 9.17) is 4.74 Å². The standard InChI is InChI=1S/C25H18N2O2/c28-25-22(16-18-15-20-11-7-8-14-23(20)29-17-18)24(19-9-3-1-4-10-19)26-27(25)21-12-5-2-6-13-21/h1-16H,17H2. The smallest absolute Gasteiger partial charge is 0.281 e. The molecule has 29 heavy (non-hydrogen) atoms. The highest BCUT2D eigenvalue weighted by molar-refractivity contribution is 6.35. The molecule has 1 amide bonds. The molecule has 0 aromatic heterocycles. The molecule has 4 nitrogen and oxygen atoms in total. The molecule has 0 aliphatic carbocycles. The van der Waals surface area contributed by atoms with E-state index >= 15 is 0 Å². The van der Waals surface area contributed by atoms with Crippen LogP contribution >= 0.6 is 0 Å². The summed E-state index contributed by atoms with van der Waals surface area (Å²) < 4.78 is 5.86. The highest BCUT2D eigenvalue weighted by atomic mass is 16.5. The summed E-state index contributed by atoms with van der Waals surface area (Å²) in [5.74, 6) is 0.713. The largest absolute Gasteiger partial charge is 0.488 e. The van der Waals surface area contributed by atoms with E-state index in [0.29, 0.717) is 17.9 Å². The SMILES string of the molecule is O=C1C(=CC2=Cc3ccccc3OC2)C(c2ccccc2)=NN1c1ccccc1. The second-order valence-electron chi connectivity index (χ2n) is 6.87. The first-order valence-corrected chi connectivity index (χ1v) is 9.47. The van der Waals surface area contributed by atoms with Crippen LogP contribution in [0.15, 0.2) is 107 Å². The van der Waals surface area contributed by atoms with Crippen molar-refractivity contribution in [3.8, 4) is 5.75 Å². The number of nitrogens with zero attached hydrogens (tertiary/aromatic N) is 2. The predicted molar refractivity (Wildman–Crippen MR) is 115 cm³/mol. The molecular formula is C25H18N2O2. The molecule has 3 aromatic carbocycles. The van der Waals surface area contributed by atoms with Gasteiger partial charge in [-0.25, -0.2) is 0 Å². The Morgan fingerprint density at radius 3 is 2.34 bits per heavy atom. The molecule has 2 aliphatic rings. The second kappa shape index (κ2) is 7.24. The quantitative estimate of drug-likeness (QED) is 0.612. The van der Waals surface area contributed by atoms with Crippen LogP contribution in [0.3, 0.4) is 0 Å². The summed E-state index contributed by atoms with van der Waals surface area (Å²) in [5.41, 5.74) is 4.82. The Bertz CT molecular complexity index is 1160. The van der Waals surface area contributed by atoms with E-state index in [1.54, 1.807) is 0 Å². The van der Waals surface area contributed by atoms with Crippen molar-refractivity contribution >= 4 is 23.4 Å². The number of hydrazone groups is 1. The topological polar surface area (TPSA) is 41.9 Å². The first kappa shape index (κ1) is 17.2. The Kier molecular flexibility index (Phi) is 4.30. The zero-order valence-electron chi connectivity index (χ0n) is 15.7. The number of amides is 1. The summed E-state index contributed by atoms with van der Waals surface area (Å²) in [6.07, 6.45) is 3.96. The van der Waals surface area contributed by atoms with Crippen molar-refractivity contribution in [3.63, 3.8) is 0 Å².